The molecule has 1 aromatic carbocycles. The van der Waals surface area contributed by atoms with Gasteiger partial charge in [0.1, 0.15) is 0 Å². The average Bonchev–Trinajstić information content (AvgIpc) is 2.85. The van der Waals surface area contributed by atoms with Gasteiger partial charge in [-0.05, 0) is 23.7 Å². The number of nitrogens with zero attached hydrogens (tertiary/aromatic N) is 2. The highest BCUT2D eigenvalue weighted by molar-refractivity contribution is 6.32. The third-order valence-electron chi connectivity index (χ3n) is 2.09. The van der Waals surface area contributed by atoms with Crippen LogP contribution in [0, 0.1) is 0 Å². The predicted molar refractivity (Wildman–Crippen MR) is 55.9 cm³/mol. The van der Waals surface area contributed by atoms with E-state index in [4.69, 9.17) is 32.7 Å². The predicted octanol–water partition coefficient (Wildman–Crippen LogP) is 2.77. The normalized spacial score (nSPS) is 13.1. The van der Waals surface area contributed by atoms with Gasteiger partial charge < -0.3 is 14.0 Å². The topological polar surface area (TPSA) is 57.4 Å². The minimum Gasteiger partial charge on any atom is -0.454 e. The van der Waals surface area contributed by atoms with Crippen LogP contribution in [0.3, 0.4) is 0 Å². The Hall–Kier alpha value is -1.46. The molecule has 7 heteroatoms. The van der Waals surface area contributed by atoms with Crippen LogP contribution in [0.2, 0.25) is 10.4 Å². The van der Waals surface area contributed by atoms with E-state index in [1.54, 1.807) is 12.1 Å². The van der Waals surface area contributed by atoms with Crippen LogP contribution in [0.4, 0.5) is 0 Å². The third-order valence-corrected chi connectivity index (χ3v) is 2.52. The van der Waals surface area contributed by atoms with Crippen molar-refractivity contribution in [1.29, 1.82) is 0 Å². The van der Waals surface area contributed by atoms with Crippen LogP contribution in [0.1, 0.15) is 0 Å². The second kappa shape index (κ2) is 3.54. The van der Waals surface area contributed by atoms with Crippen LogP contribution >= 0.6 is 23.2 Å². The average molecular weight is 259 g/mol. The Morgan fingerprint density at radius 3 is 2.81 bits per heavy atom. The Kier molecular flexibility index (Phi) is 2.15. The van der Waals surface area contributed by atoms with Gasteiger partial charge in [0.15, 0.2) is 11.5 Å². The summed E-state index contributed by atoms with van der Waals surface area (Å²) in [4.78, 5) is 3.88. The Bertz CT molecular complexity index is 556. The molecule has 0 N–H and O–H groups in total. The first kappa shape index (κ1) is 9.74. The Labute approximate surface area is 99.9 Å². The molecule has 5 nitrogen and oxygen atoms in total. The third kappa shape index (κ3) is 1.48. The van der Waals surface area contributed by atoms with Crippen LogP contribution < -0.4 is 9.47 Å². The Morgan fingerprint density at radius 1 is 1.19 bits per heavy atom. The summed E-state index contributed by atoms with van der Waals surface area (Å²) in [5.41, 5.74) is 0.657. The van der Waals surface area contributed by atoms with E-state index in [1.807, 2.05) is 0 Å². The molecule has 0 amide bonds. The summed E-state index contributed by atoms with van der Waals surface area (Å²) in [6, 6.07) is 3.38. The van der Waals surface area contributed by atoms with Crippen molar-refractivity contribution in [2.45, 2.75) is 0 Å². The van der Waals surface area contributed by atoms with Crippen molar-refractivity contribution in [3.63, 3.8) is 0 Å². The second-order valence-electron chi connectivity index (χ2n) is 3.06. The lowest BCUT2D eigenvalue weighted by Gasteiger charge is -2.00. The lowest BCUT2D eigenvalue weighted by Crippen LogP contribution is -1.93. The highest BCUT2D eigenvalue weighted by Gasteiger charge is 2.20. The molecule has 1 aromatic heterocycles. The summed E-state index contributed by atoms with van der Waals surface area (Å²) >= 11 is 11.5. The van der Waals surface area contributed by atoms with Gasteiger partial charge in [0, 0.05) is 5.56 Å². The Morgan fingerprint density at radius 2 is 2.06 bits per heavy atom. The molecule has 0 aliphatic carbocycles. The number of halogens is 2. The van der Waals surface area contributed by atoms with Crippen molar-refractivity contribution in [3.8, 4) is 22.9 Å². The van der Waals surface area contributed by atoms with Gasteiger partial charge in [-0.1, -0.05) is 16.8 Å². The van der Waals surface area contributed by atoms with Crippen molar-refractivity contribution in [3.05, 3.63) is 22.5 Å². The maximum absolute atomic E-state index is 6.01. The molecule has 2 aromatic rings. The van der Waals surface area contributed by atoms with Gasteiger partial charge in [-0.2, -0.15) is 4.98 Å². The number of aromatic nitrogens is 2. The van der Waals surface area contributed by atoms with Crippen LogP contribution in [0.15, 0.2) is 16.7 Å². The summed E-state index contributed by atoms with van der Waals surface area (Å²) < 4.78 is 15.1. The van der Waals surface area contributed by atoms with E-state index in [1.165, 1.54) is 0 Å². The molecule has 0 fully saturated rings. The molecule has 82 valence electrons. The maximum atomic E-state index is 6.01. The van der Waals surface area contributed by atoms with E-state index >= 15 is 0 Å². The summed E-state index contributed by atoms with van der Waals surface area (Å²) in [6.07, 6.45) is 0. The SMILES string of the molecule is Clc1nc(-c2cc(Cl)c3c(c2)OCO3)no1. The van der Waals surface area contributed by atoms with Crippen molar-refractivity contribution in [2.24, 2.45) is 0 Å². The zero-order valence-corrected chi connectivity index (χ0v) is 9.25. The molecule has 0 spiro atoms. The number of hydrogen-bond acceptors (Lipinski definition) is 5. The smallest absolute Gasteiger partial charge is 0.320 e. The minimum absolute atomic E-state index is 0.0243. The van der Waals surface area contributed by atoms with Gasteiger partial charge in [0.2, 0.25) is 12.6 Å². The molecule has 1 aliphatic rings. The van der Waals surface area contributed by atoms with Crippen molar-refractivity contribution >= 4 is 23.2 Å². The fourth-order valence-corrected chi connectivity index (χ4v) is 1.80. The maximum Gasteiger partial charge on any atom is 0.320 e. The molecule has 0 saturated heterocycles. The molecule has 0 unspecified atom stereocenters. The monoisotopic (exact) mass is 258 g/mol. The van der Waals surface area contributed by atoms with Crippen molar-refractivity contribution in [2.75, 3.05) is 6.79 Å². The van der Waals surface area contributed by atoms with E-state index < -0.39 is 0 Å². The first-order valence-corrected chi connectivity index (χ1v) is 5.08. The number of ether oxygens (including phenoxy) is 2. The van der Waals surface area contributed by atoms with Crippen molar-refractivity contribution < 1.29 is 14.0 Å². The molecule has 0 saturated carbocycles. The molecule has 0 atom stereocenters. The summed E-state index contributed by atoms with van der Waals surface area (Å²) in [5, 5.41) is 4.09. The largest absolute Gasteiger partial charge is 0.454 e. The number of rotatable bonds is 1. The van der Waals surface area contributed by atoms with E-state index in [0.717, 1.165) is 0 Å². The molecule has 2 heterocycles. The fourth-order valence-electron chi connectivity index (χ4n) is 1.42. The van der Waals surface area contributed by atoms with Crippen LogP contribution in [0.25, 0.3) is 11.4 Å². The quantitative estimate of drug-likeness (QED) is 0.788. The van der Waals surface area contributed by atoms with Gasteiger partial charge in [-0.15, -0.1) is 0 Å². The van der Waals surface area contributed by atoms with Crippen LogP contribution in [-0.4, -0.2) is 16.9 Å². The first-order chi connectivity index (χ1) is 7.74. The standard InChI is InChI=1S/C9H4Cl2N2O3/c10-5-1-4(8-12-9(11)16-13-8)2-6-7(5)15-3-14-6/h1-2H,3H2. The van der Waals surface area contributed by atoms with E-state index in [9.17, 15) is 0 Å². The molecule has 1 aliphatic heterocycles. The van der Waals surface area contributed by atoms with Gasteiger partial charge in [0.25, 0.3) is 0 Å². The summed E-state index contributed by atoms with van der Waals surface area (Å²) in [7, 11) is 0. The zero-order valence-electron chi connectivity index (χ0n) is 7.74. The number of fused-ring (bicyclic) bond motifs is 1. The number of benzene rings is 1. The van der Waals surface area contributed by atoms with E-state index in [-0.39, 0.29) is 12.1 Å². The molecule has 3 rings (SSSR count). The van der Waals surface area contributed by atoms with Gasteiger partial charge in [-0.25, -0.2) is 0 Å². The lowest BCUT2D eigenvalue weighted by molar-refractivity contribution is 0.174. The van der Waals surface area contributed by atoms with E-state index in [0.29, 0.717) is 27.9 Å². The Balaban J connectivity index is 2.12. The second-order valence-corrected chi connectivity index (χ2v) is 3.79. The first-order valence-electron chi connectivity index (χ1n) is 4.33. The van der Waals surface area contributed by atoms with Crippen molar-refractivity contribution in [1.82, 2.24) is 10.1 Å². The highest BCUT2D eigenvalue weighted by Crippen LogP contribution is 2.41. The van der Waals surface area contributed by atoms with E-state index in [2.05, 4.69) is 14.7 Å². The number of hydrogen-bond donors (Lipinski definition) is 0. The molecule has 0 bridgehead atoms. The molecule has 0 radical (unpaired) electrons. The summed E-state index contributed by atoms with van der Waals surface area (Å²) in [6.45, 7) is 0.158. The van der Waals surface area contributed by atoms with Gasteiger partial charge >= 0.3 is 5.35 Å². The van der Waals surface area contributed by atoms with Crippen LogP contribution in [0.5, 0.6) is 11.5 Å². The fraction of sp³-hybridized carbons (Fsp3) is 0.111. The zero-order chi connectivity index (χ0) is 11.1. The molecule has 16 heavy (non-hydrogen) atoms. The highest BCUT2D eigenvalue weighted by atomic mass is 35.5. The lowest BCUT2D eigenvalue weighted by atomic mass is 10.2. The van der Waals surface area contributed by atoms with Gasteiger partial charge in [-0.3, -0.25) is 0 Å². The van der Waals surface area contributed by atoms with Gasteiger partial charge in [0.05, 0.1) is 5.02 Å². The molecular formula is C9H4Cl2N2O3. The minimum atomic E-state index is -0.0243. The van der Waals surface area contributed by atoms with Crippen LogP contribution in [-0.2, 0) is 0 Å². The summed E-state index contributed by atoms with van der Waals surface area (Å²) in [5.74, 6) is 1.44. The molecular weight excluding hydrogens is 255 g/mol.